The Hall–Kier alpha value is -1.33. The van der Waals surface area contributed by atoms with Crippen molar-refractivity contribution in [1.82, 2.24) is 5.32 Å². The quantitative estimate of drug-likeness (QED) is 0.0266. The van der Waals surface area contributed by atoms with Crippen LogP contribution in [0.2, 0.25) is 0 Å². The van der Waals surface area contributed by atoms with Crippen molar-refractivity contribution >= 4 is 5.91 Å². The zero-order valence-electron chi connectivity index (χ0n) is 36.1. The third kappa shape index (κ3) is 28.2. The van der Waals surface area contributed by atoms with Gasteiger partial charge in [0.05, 0.1) is 25.4 Å². The summed E-state index contributed by atoms with van der Waals surface area (Å²) in [6.07, 6.45) is 38.2. The first kappa shape index (κ1) is 52.7. The normalized spacial score (nSPS) is 21.3. The summed E-state index contributed by atoms with van der Waals surface area (Å²) in [5.41, 5.74) is 0. The molecule has 0 aliphatic carbocycles. The van der Waals surface area contributed by atoms with Crippen molar-refractivity contribution in [3.05, 3.63) is 24.3 Å². The van der Waals surface area contributed by atoms with Crippen LogP contribution in [0.1, 0.15) is 213 Å². The van der Waals surface area contributed by atoms with Crippen LogP contribution in [0, 0.1) is 0 Å². The van der Waals surface area contributed by atoms with Gasteiger partial charge in [0.25, 0.3) is 0 Å². The number of carbonyl (C=O) groups excluding carboxylic acids is 1. The molecule has 0 saturated carbocycles. The van der Waals surface area contributed by atoms with Crippen LogP contribution in [0.3, 0.4) is 0 Å². The Morgan fingerprint density at radius 3 is 1.50 bits per heavy atom. The largest absolute Gasteiger partial charge is 0.394 e. The third-order valence-corrected chi connectivity index (χ3v) is 11.3. The molecule has 7 atom stereocenters. The van der Waals surface area contributed by atoms with Crippen LogP contribution in [0.25, 0.3) is 0 Å². The predicted molar refractivity (Wildman–Crippen MR) is 230 cm³/mol. The third-order valence-electron chi connectivity index (χ3n) is 11.3. The topological polar surface area (TPSA) is 149 Å². The molecule has 7 unspecified atom stereocenters. The van der Waals surface area contributed by atoms with Crippen molar-refractivity contribution in [3.63, 3.8) is 0 Å². The molecule has 0 aromatic carbocycles. The first-order valence-corrected chi connectivity index (χ1v) is 23.6. The molecule has 9 nitrogen and oxygen atoms in total. The van der Waals surface area contributed by atoms with Gasteiger partial charge in [0.1, 0.15) is 24.4 Å². The van der Waals surface area contributed by atoms with E-state index >= 15 is 0 Å². The predicted octanol–water partition coefficient (Wildman–Crippen LogP) is 9.89. The molecule has 0 spiro atoms. The first-order chi connectivity index (χ1) is 27.3. The maximum absolute atomic E-state index is 12.9. The second-order valence-corrected chi connectivity index (χ2v) is 16.5. The molecule has 1 rings (SSSR count). The van der Waals surface area contributed by atoms with Crippen molar-refractivity contribution in [2.45, 2.75) is 256 Å². The number of aliphatic hydroxyl groups is 5. The molecule has 330 valence electrons. The number of unbranched alkanes of at least 4 members (excludes halogenated alkanes) is 27. The van der Waals surface area contributed by atoms with Crippen molar-refractivity contribution in [2.24, 2.45) is 0 Å². The molecule has 0 aromatic rings. The van der Waals surface area contributed by atoms with E-state index in [1.54, 1.807) is 6.08 Å². The minimum absolute atomic E-state index is 0.186. The second-order valence-electron chi connectivity index (χ2n) is 16.5. The highest BCUT2D eigenvalue weighted by atomic mass is 16.7. The van der Waals surface area contributed by atoms with Crippen LogP contribution < -0.4 is 5.32 Å². The molecule has 1 aliphatic rings. The van der Waals surface area contributed by atoms with Crippen LogP contribution in [0.15, 0.2) is 24.3 Å². The van der Waals surface area contributed by atoms with Gasteiger partial charge < -0.3 is 40.3 Å². The molecular weight excluding hydrogens is 707 g/mol. The van der Waals surface area contributed by atoms with E-state index in [0.29, 0.717) is 6.42 Å². The number of allylic oxidation sites excluding steroid dienone is 3. The average Bonchev–Trinajstić information content (AvgIpc) is 3.20. The Bertz CT molecular complexity index is 930. The Kier molecular flexibility index (Phi) is 35.7. The Labute approximate surface area is 343 Å². The van der Waals surface area contributed by atoms with Crippen molar-refractivity contribution in [1.29, 1.82) is 0 Å². The summed E-state index contributed by atoms with van der Waals surface area (Å²) in [5, 5.41) is 54.0. The highest BCUT2D eigenvalue weighted by molar-refractivity contribution is 5.76. The number of ether oxygens (including phenoxy) is 2. The maximum Gasteiger partial charge on any atom is 0.220 e. The number of hydrogen-bond acceptors (Lipinski definition) is 8. The summed E-state index contributed by atoms with van der Waals surface area (Å²) in [6, 6.07) is -0.815. The molecule has 1 saturated heterocycles. The molecule has 1 aliphatic heterocycles. The molecule has 6 N–H and O–H groups in total. The van der Waals surface area contributed by atoms with Gasteiger partial charge in [-0.05, 0) is 32.1 Å². The van der Waals surface area contributed by atoms with Crippen LogP contribution >= 0.6 is 0 Å². The van der Waals surface area contributed by atoms with Crippen molar-refractivity contribution in [3.8, 4) is 0 Å². The summed E-state index contributed by atoms with van der Waals surface area (Å²) in [4.78, 5) is 12.9. The molecule has 0 bridgehead atoms. The molecule has 1 heterocycles. The lowest BCUT2D eigenvalue weighted by atomic mass is 9.99. The summed E-state index contributed by atoms with van der Waals surface area (Å²) >= 11 is 0. The number of nitrogens with one attached hydrogen (secondary N) is 1. The highest BCUT2D eigenvalue weighted by Gasteiger charge is 2.44. The monoisotopic (exact) mass is 796 g/mol. The SMILES string of the molecule is CCCCCC/C=C/CC/C=C/C(O)C(COC1OC(CO)C(O)C(O)C1O)NC(=O)CCCCCCCCCCCCCCCCCCCCCCCCC. The Balaban J connectivity index is 2.24. The van der Waals surface area contributed by atoms with Crippen LogP contribution in [0.5, 0.6) is 0 Å². The van der Waals surface area contributed by atoms with Gasteiger partial charge in [-0.3, -0.25) is 4.79 Å². The van der Waals surface area contributed by atoms with Gasteiger partial charge in [0.2, 0.25) is 5.91 Å². The summed E-state index contributed by atoms with van der Waals surface area (Å²) in [5.74, 6) is -0.186. The van der Waals surface area contributed by atoms with Gasteiger partial charge in [0, 0.05) is 6.42 Å². The van der Waals surface area contributed by atoms with Crippen LogP contribution in [0.4, 0.5) is 0 Å². The second kappa shape index (κ2) is 37.9. The van der Waals surface area contributed by atoms with E-state index in [1.165, 1.54) is 154 Å². The summed E-state index contributed by atoms with van der Waals surface area (Å²) < 4.78 is 11.2. The van der Waals surface area contributed by atoms with E-state index in [0.717, 1.165) is 38.5 Å². The van der Waals surface area contributed by atoms with Crippen LogP contribution in [-0.2, 0) is 14.3 Å². The lowest BCUT2D eigenvalue weighted by Gasteiger charge is -2.40. The van der Waals surface area contributed by atoms with E-state index in [2.05, 4.69) is 31.3 Å². The fourth-order valence-corrected chi connectivity index (χ4v) is 7.47. The Morgan fingerprint density at radius 1 is 0.589 bits per heavy atom. The molecule has 1 amide bonds. The van der Waals surface area contributed by atoms with E-state index in [4.69, 9.17) is 9.47 Å². The van der Waals surface area contributed by atoms with Crippen molar-refractivity contribution in [2.75, 3.05) is 13.2 Å². The first-order valence-electron chi connectivity index (χ1n) is 23.6. The number of carbonyl (C=O) groups is 1. The van der Waals surface area contributed by atoms with Crippen LogP contribution in [-0.4, -0.2) is 87.5 Å². The van der Waals surface area contributed by atoms with Gasteiger partial charge in [0.15, 0.2) is 6.29 Å². The minimum Gasteiger partial charge on any atom is -0.394 e. The zero-order valence-corrected chi connectivity index (χ0v) is 36.1. The van der Waals surface area contributed by atoms with Gasteiger partial charge in [-0.1, -0.05) is 199 Å². The molecule has 9 heteroatoms. The molecular formula is C47H89NO8. The fourth-order valence-electron chi connectivity index (χ4n) is 7.47. The number of amides is 1. The lowest BCUT2D eigenvalue weighted by molar-refractivity contribution is -0.302. The van der Waals surface area contributed by atoms with Crippen molar-refractivity contribution < 1.29 is 39.8 Å². The Morgan fingerprint density at radius 2 is 1.02 bits per heavy atom. The smallest absolute Gasteiger partial charge is 0.220 e. The number of aliphatic hydroxyl groups excluding tert-OH is 5. The van der Waals surface area contributed by atoms with Gasteiger partial charge >= 0.3 is 0 Å². The minimum atomic E-state index is -1.57. The zero-order chi connectivity index (χ0) is 40.9. The van der Waals surface area contributed by atoms with Gasteiger partial charge in [-0.2, -0.15) is 0 Å². The highest BCUT2D eigenvalue weighted by Crippen LogP contribution is 2.23. The average molecular weight is 796 g/mol. The van der Waals surface area contributed by atoms with E-state index in [9.17, 15) is 30.3 Å². The van der Waals surface area contributed by atoms with Gasteiger partial charge in [-0.25, -0.2) is 0 Å². The lowest BCUT2D eigenvalue weighted by Crippen LogP contribution is -2.60. The van der Waals surface area contributed by atoms with E-state index < -0.39 is 49.5 Å². The fraction of sp³-hybridized carbons (Fsp3) is 0.894. The number of hydrogen-bond donors (Lipinski definition) is 6. The molecule has 0 aromatic heterocycles. The molecule has 56 heavy (non-hydrogen) atoms. The van der Waals surface area contributed by atoms with E-state index in [-0.39, 0.29) is 12.5 Å². The summed E-state index contributed by atoms with van der Waals surface area (Å²) in [7, 11) is 0. The summed E-state index contributed by atoms with van der Waals surface area (Å²) in [6.45, 7) is 3.73. The number of rotatable bonds is 39. The molecule has 0 radical (unpaired) electrons. The molecule has 1 fully saturated rings. The standard InChI is InChI=1S/C47H89NO8/c1-3-5-7-9-11-13-15-16-17-18-19-20-21-22-23-24-25-26-27-29-31-33-35-37-43(51)48-40(39-55-47-46(54)45(53)44(52)42(38-49)56-47)41(50)36-34-32-30-28-14-12-10-8-6-4-2/h14,28,34,36,40-42,44-47,49-50,52-54H,3-13,15-27,29-33,35,37-39H2,1-2H3,(H,48,51)/b28-14+,36-34+. The van der Waals surface area contributed by atoms with Gasteiger partial charge in [-0.15, -0.1) is 0 Å². The maximum atomic E-state index is 12.9. The van der Waals surface area contributed by atoms with E-state index in [1.807, 2.05) is 6.08 Å².